The van der Waals surface area contributed by atoms with Crippen LogP contribution >= 0.6 is 11.8 Å². The Kier molecular flexibility index (Phi) is 5.62. The van der Waals surface area contributed by atoms with E-state index in [1.165, 1.54) is 25.7 Å². The van der Waals surface area contributed by atoms with Gasteiger partial charge in [-0.15, -0.1) is 11.8 Å². The molecule has 1 saturated carbocycles. The van der Waals surface area contributed by atoms with Crippen LogP contribution in [-0.4, -0.2) is 26.3 Å². The van der Waals surface area contributed by atoms with Crippen LogP contribution in [0.3, 0.4) is 0 Å². The summed E-state index contributed by atoms with van der Waals surface area (Å²) >= 11 is 1.65. The Bertz CT molecular complexity index is 509. The molecule has 0 spiro atoms. The third-order valence-electron chi connectivity index (χ3n) is 3.88. The van der Waals surface area contributed by atoms with Gasteiger partial charge in [-0.3, -0.25) is 0 Å². The number of hydrogen-bond donors (Lipinski definition) is 1. The first-order valence-corrected chi connectivity index (χ1v) is 8.65. The third kappa shape index (κ3) is 4.19. The lowest BCUT2D eigenvalue weighted by Gasteiger charge is -2.17. The largest absolute Gasteiger partial charge is 0.478 e. The molecule has 1 aliphatic carbocycles. The van der Waals surface area contributed by atoms with Gasteiger partial charge in [0, 0.05) is 11.2 Å². The average molecular weight is 308 g/mol. The topological polar surface area (TPSA) is 63.1 Å². The second-order valence-corrected chi connectivity index (χ2v) is 7.33. The molecule has 1 aromatic rings. The highest BCUT2D eigenvalue weighted by molar-refractivity contribution is 7.99. The van der Waals surface area contributed by atoms with Crippen molar-refractivity contribution in [3.8, 4) is 0 Å². The normalized spacial score (nSPS) is 17.0. The quantitative estimate of drug-likeness (QED) is 0.659. The van der Waals surface area contributed by atoms with E-state index in [0.717, 1.165) is 18.7 Å². The van der Waals surface area contributed by atoms with Gasteiger partial charge >= 0.3 is 5.97 Å². The Morgan fingerprint density at radius 3 is 2.33 bits per heavy atom. The Labute approximate surface area is 130 Å². The molecule has 2 rings (SSSR count). The van der Waals surface area contributed by atoms with E-state index in [9.17, 15) is 9.90 Å². The van der Waals surface area contributed by atoms with Gasteiger partial charge in [0.05, 0.1) is 5.69 Å². The number of aryl methyl sites for hydroxylation is 1. The van der Waals surface area contributed by atoms with Crippen LogP contribution in [0, 0.1) is 6.92 Å². The molecule has 0 aliphatic heterocycles. The molecule has 4 nitrogen and oxygen atoms in total. The van der Waals surface area contributed by atoms with Crippen LogP contribution < -0.4 is 0 Å². The Morgan fingerprint density at radius 2 is 1.81 bits per heavy atom. The van der Waals surface area contributed by atoms with Crippen LogP contribution in [-0.2, 0) is 0 Å². The van der Waals surface area contributed by atoms with Crippen molar-refractivity contribution < 1.29 is 9.90 Å². The van der Waals surface area contributed by atoms with Gasteiger partial charge in [0.1, 0.15) is 16.4 Å². The molecule has 1 aliphatic rings. The van der Waals surface area contributed by atoms with Crippen LogP contribution in [0.25, 0.3) is 0 Å². The Hall–Kier alpha value is -1.10. The number of aromatic carboxylic acids is 1. The van der Waals surface area contributed by atoms with Crippen LogP contribution in [0.5, 0.6) is 0 Å². The van der Waals surface area contributed by atoms with Gasteiger partial charge in [-0.1, -0.05) is 39.5 Å². The van der Waals surface area contributed by atoms with Crippen LogP contribution in [0.2, 0.25) is 0 Å². The minimum absolute atomic E-state index is 0.208. The molecule has 5 heteroatoms. The lowest BCUT2D eigenvalue weighted by atomic mass is 10.2. The van der Waals surface area contributed by atoms with Gasteiger partial charge in [-0.2, -0.15) is 0 Å². The predicted molar refractivity (Wildman–Crippen MR) is 85.2 cm³/mol. The first kappa shape index (κ1) is 16.3. The van der Waals surface area contributed by atoms with Gasteiger partial charge in [0.25, 0.3) is 0 Å². The van der Waals surface area contributed by atoms with Crippen LogP contribution in [0.15, 0.2) is 5.03 Å². The maximum Gasteiger partial charge on any atom is 0.340 e. The van der Waals surface area contributed by atoms with E-state index < -0.39 is 5.97 Å². The van der Waals surface area contributed by atoms with Crippen molar-refractivity contribution >= 4 is 17.7 Å². The van der Waals surface area contributed by atoms with E-state index in [-0.39, 0.29) is 11.5 Å². The van der Waals surface area contributed by atoms with Crippen molar-refractivity contribution in [2.45, 2.75) is 75.5 Å². The van der Waals surface area contributed by atoms with E-state index in [1.54, 1.807) is 18.7 Å². The number of aromatic nitrogens is 2. The van der Waals surface area contributed by atoms with Crippen molar-refractivity contribution in [1.29, 1.82) is 0 Å². The van der Waals surface area contributed by atoms with Crippen LogP contribution in [0.1, 0.15) is 80.2 Å². The minimum Gasteiger partial charge on any atom is -0.478 e. The molecular weight excluding hydrogens is 284 g/mol. The summed E-state index contributed by atoms with van der Waals surface area (Å²) in [5.74, 6) is 0.0348. The lowest BCUT2D eigenvalue weighted by molar-refractivity contribution is 0.0690. The monoisotopic (exact) mass is 308 g/mol. The molecule has 1 heterocycles. The number of nitrogens with zero attached hydrogens (tertiary/aromatic N) is 2. The fourth-order valence-corrected chi connectivity index (χ4v) is 4.06. The number of carbonyl (C=O) groups is 1. The van der Waals surface area contributed by atoms with E-state index in [1.807, 2.05) is 13.8 Å². The molecule has 116 valence electrons. The summed E-state index contributed by atoms with van der Waals surface area (Å²) in [6.45, 7) is 5.85. The first-order chi connectivity index (χ1) is 9.99. The Morgan fingerprint density at radius 1 is 1.19 bits per heavy atom. The molecule has 0 bridgehead atoms. The van der Waals surface area contributed by atoms with Crippen molar-refractivity contribution in [3.05, 3.63) is 17.1 Å². The molecule has 1 aromatic heterocycles. The van der Waals surface area contributed by atoms with E-state index >= 15 is 0 Å². The van der Waals surface area contributed by atoms with Crippen molar-refractivity contribution in [2.24, 2.45) is 0 Å². The molecule has 1 N–H and O–H groups in total. The third-order valence-corrected chi connectivity index (χ3v) is 5.21. The summed E-state index contributed by atoms with van der Waals surface area (Å²) in [5.41, 5.74) is 0.867. The summed E-state index contributed by atoms with van der Waals surface area (Å²) in [6, 6.07) is 0. The van der Waals surface area contributed by atoms with E-state index in [0.29, 0.717) is 16.0 Å². The smallest absolute Gasteiger partial charge is 0.340 e. The summed E-state index contributed by atoms with van der Waals surface area (Å²) in [6.07, 6.45) is 7.38. The molecule has 0 radical (unpaired) electrons. The zero-order chi connectivity index (χ0) is 15.4. The van der Waals surface area contributed by atoms with Gasteiger partial charge in [0.2, 0.25) is 0 Å². The predicted octanol–water partition coefficient (Wildman–Crippen LogP) is 4.42. The highest BCUT2D eigenvalue weighted by atomic mass is 32.2. The highest BCUT2D eigenvalue weighted by Crippen LogP contribution is 2.34. The number of carboxylic acid groups (broad SMARTS) is 1. The second-order valence-electron chi connectivity index (χ2n) is 6.04. The number of carboxylic acids is 1. The average Bonchev–Trinajstić information content (AvgIpc) is 2.66. The van der Waals surface area contributed by atoms with Gasteiger partial charge in [-0.05, 0) is 19.8 Å². The SMILES string of the molecule is Cc1nc(C(C)C)nc(SC2CCCCCC2)c1C(=O)O. The molecule has 0 aromatic carbocycles. The number of rotatable bonds is 4. The highest BCUT2D eigenvalue weighted by Gasteiger charge is 2.23. The maximum atomic E-state index is 11.5. The molecule has 0 amide bonds. The zero-order valence-corrected chi connectivity index (χ0v) is 13.9. The fourth-order valence-electron chi connectivity index (χ4n) is 2.67. The molecule has 0 unspecified atom stereocenters. The summed E-state index contributed by atoms with van der Waals surface area (Å²) in [5, 5.41) is 10.6. The first-order valence-electron chi connectivity index (χ1n) is 7.77. The Balaban J connectivity index is 2.32. The second kappa shape index (κ2) is 7.25. The molecule has 0 saturated heterocycles. The van der Waals surface area contributed by atoms with Crippen molar-refractivity contribution in [3.63, 3.8) is 0 Å². The van der Waals surface area contributed by atoms with Gasteiger partial charge in [0.15, 0.2) is 0 Å². The number of hydrogen-bond acceptors (Lipinski definition) is 4. The van der Waals surface area contributed by atoms with Crippen molar-refractivity contribution in [1.82, 2.24) is 9.97 Å². The van der Waals surface area contributed by atoms with Crippen molar-refractivity contribution in [2.75, 3.05) is 0 Å². The molecular formula is C16H24N2O2S. The fraction of sp³-hybridized carbons (Fsp3) is 0.688. The zero-order valence-electron chi connectivity index (χ0n) is 13.1. The standard InChI is InChI=1S/C16H24N2O2S/c1-10(2)14-17-11(3)13(16(19)20)15(18-14)21-12-8-6-4-5-7-9-12/h10,12H,4-9H2,1-3H3,(H,19,20). The molecule has 21 heavy (non-hydrogen) atoms. The van der Waals surface area contributed by atoms with E-state index in [4.69, 9.17) is 0 Å². The summed E-state index contributed by atoms with van der Waals surface area (Å²) in [7, 11) is 0. The molecule has 1 fully saturated rings. The van der Waals surface area contributed by atoms with Gasteiger partial charge in [-0.25, -0.2) is 14.8 Å². The summed E-state index contributed by atoms with van der Waals surface area (Å²) in [4.78, 5) is 20.5. The maximum absolute atomic E-state index is 11.5. The lowest BCUT2D eigenvalue weighted by Crippen LogP contribution is -2.12. The van der Waals surface area contributed by atoms with E-state index in [2.05, 4.69) is 9.97 Å². The minimum atomic E-state index is -0.918. The summed E-state index contributed by atoms with van der Waals surface area (Å²) < 4.78 is 0. The number of thioether (sulfide) groups is 1. The van der Waals surface area contributed by atoms with Crippen LogP contribution in [0.4, 0.5) is 0 Å². The molecule has 0 atom stereocenters. The van der Waals surface area contributed by atoms with Gasteiger partial charge < -0.3 is 5.11 Å².